The van der Waals surface area contributed by atoms with Crippen LogP contribution in [0.5, 0.6) is 5.75 Å². The lowest BCUT2D eigenvalue weighted by Crippen LogP contribution is -1.95. The van der Waals surface area contributed by atoms with Gasteiger partial charge in [-0.3, -0.25) is 0 Å². The van der Waals surface area contributed by atoms with Gasteiger partial charge < -0.3 is 4.74 Å². The molecule has 0 unspecified atom stereocenters. The molecular formula is C12H9Cl2FN2O. The number of halogens is 3. The molecule has 2 rings (SSSR count). The third kappa shape index (κ3) is 2.40. The first-order chi connectivity index (χ1) is 8.52. The smallest absolute Gasteiger partial charge is 0.165 e. The van der Waals surface area contributed by atoms with Crippen LogP contribution in [0.3, 0.4) is 0 Å². The second-order valence-corrected chi connectivity index (χ2v) is 4.32. The SMILES string of the molecule is COc1cc(-c2nc(Cl)c(C)c(Cl)n2)ccc1F. The number of ether oxygens (including phenoxy) is 1. The van der Waals surface area contributed by atoms with Gasteiger partial charge in [0, 0.05) is 11.1 Å². The monoisotopic (exact) mass is 286 g/mol. The van der Waals surface area contributed by atoms with Gasteiger partial charge in [0.1, 0.15) is 10.3 Å². The van der Waals surface area contributed by atoms with Crippen LogP contribution < -0.4 is 4.74 Å². The number of rotatable bonds is 2. The summed E-state index contributed by atoms with van der Waals surface area (Å²) in [5, 5.41) is 0.543. The van der Waals surface area contributed by atoms with Gasteiger partial charge in [0.25, 0.3) is 0 Å². The van der Waals surface area contributed by atoms with Crippen LogP contribution in [-0.4, -0.2) is 17.1 Å². The molecule has 1 heterocycles. The minimum atomic E-state index is -0.453. The molecule has 0 atom stereocenters. The maximum absolute atomic E-state index is 13.3. The number of aromatic nitrogens is 2. The lowest BCUT2D eigenvalue weighted by Gasteiger charge is -2.07. The molecule has 2 aromatic rings. The highest BCUT2D eigenvalue weighted by molar-refractivity contribution is 6.34. The first-order valence-electron chi connectivity index (χ1n) is 5.06. The molecule has 0 bridgehead atoms. The molecule has 0 aliphatic rings. The van der Waals surface area contributed by atoms with Crippen molar-refractivity contribution in [2.24, 2.45) is 0 Å². The molecule has 0 saturated heterocycles. The molecule has 0 aliphatic heterocycles. The fourth-order valence-corrected chi connectivity index (χ4v) is 1.78. The van der Waals surface area contributed by atoms with Crippen molar-refractivity contribution in [3.63, 3.8) is 0 Å². The quantitative estimate of drug-likeness (QED) is 0.785. The van der Waals surface area contributed by atoms with Crippen LogP contribution in [0, 0.1) is 12.7 Å². The van der Waals surface area contributed by atoms with E-state index in [0.717, 1.165) is 0 Å². The van der Waals surface area contributed by atoms with Crippen molar-refractivity contribution in [1.29, 1.82) is 0 Å². The predicted molar refractivity (Wildman–Crippen MR) is 68.7 cm³/mol. The fourth-order valence-electron chi connectivity index (χ4n) is 1.39. The van der Waals surface area contributed by atoms with Crippen molar-refractivity contribution in [2.75, 3.05) is 7.11 Å². The third-order valence-corrected chi connectivity index (χ3v) is 3.17. The van der Waals surface area contributed by atoms with E-state index < -0.39 is 5.82 Å². The second-order valence-electron chi connectivity index (χ2n) is 3.60. The number of benzene rings is 1. The molecule has 3 nitrogen and oxygen atoms in total. The highest BCUT2D eigenvalue weighted by Gasteiger charge is 2.11. The van der Waals surface area contributed by atoms with Crippen LogP contribution in [0.15, 0.2) is 18.2 Å². The van der Waals surface area contributed by atoms with E-state index in [1.807, 2.05) is 0 Å². The lowest BCUT2D eigenvalue weighted by molar-refractivity contribution is 0.387. The predicted octanol–water partition coefficient (Wildman–Crippen LogP) is 3.91. The summed E-state index contributed by atoms with van der Waals surface area (Å²) < 4.78 is 18.2. The minimum Gasteiger partial charge on any atom is -0.494 e. The molecular weight excluding hydrogens is 278 g/mol. The molecule has 0 saturated carbocycles. The second kappa shape index (κ2) is 5.08. The summed E-state index contributed by atoms with van der Waals surface area (Å²) in [6, 6.07) is 4.31. The van der Waals surface area contributed by atoms with Gasteiger partial charge in [0.05, 0.1) is 7.11 Å². The Morgan fingerprint density at radius 3 is 2.33 bits per heavy atom. The van der Waals surface area contributed by atoms with E-state index in [0.29, 0.717) is 17.0 Å². The molecule has 0 aliphatic carbocycles. The van der Waals surface area contributed by atoms with Crippen LogP contribution in [0.1, 0.15) is 5.56 Å². The van der Waals surface area contributed by atoms with Gasteiger partial charge in [-0.15, -0.1) is 0 Å². The number of methoxy groups -OCH3 is 1. The van der Waals surface area contributed by atoms with Gasteiger partial charge in [0.15, 0.2) is 17.4 Å². The zero-order valence-corrected chi connectivity index (χ0v) is 11.2. The Hall–Kier alpha value is -1.39. The summed E-state index contributed by atoms with van der Waals surface area (Å²) in [6.07, 6.45) is 0. The van der Waals surface area contributed by atoms with E-state index in [1.54, 1.807) is 6.92 Å². The Morgan fingerprint density at radius 1 is 1.17 bits per heavy atom. The number of hydrogen-bond acceptors (Lipinski definition) is 3. The Morgan fingerprint density at radius 2 is 1.78 bits per heavy atom. The summed E-state index contributed by atoms with van der Waals surface area (Å²) in [5.41, 5.74) is 1.19. The van der Waals surface area contributed by atoms with Crippen molar-refractivity contribution in [3.8, 4) is 17.1 Å². The first-order valence-corrected chi connectivity index (χ1v) is 5.82. The number of nitrogens with zero attached hydrogens (tertiary/aromatic N) is 2. The fraction of sp³-hybridized carbons (Fsp3) is 0.167. The van der Waals surface area contributed by atoms with Crippen molar-refractivity contribution >= 4 is 23.2 Å². The van der Waals surface area contributed by atoms with E-state index >= 15 is 0 Å². The summed E-state index contributed by atoms with van der Waals surface area (Å²) in [6.45, 7) is 1.72. The van der Waals surface area contributed by atoms with Gasteiger partial charge in [-0.1, -0.05) is 23.2 Å². The summed E-state index contributed by atoms with van der Waals surface area (Å²) in [4.78, 5) is 8.20. The van der Waals surface area contributed by atoms with Crippen molar-refractivity contribution in [1.82, 2.24) is 9.97 Å². The molecule has 1 aromatic heterocycles. The molecule has 0 amide bonds. The average molecular weight is 287 g/mol. The van der Waals surface area contributed by atoms with E-state index in [9.17, 15) is 4.39 Å². The normalized spacial score (nSPS) is 10.5. The largest absolute Gasteiger partial charge is 0.494 e. The van der Waals surface area contributed by atoms with E-state index in [2.05, 4.69) is 9.97 Å². The molecule has 0 N–H and O–H groups in total. The van der Waals surface area contributed by atoms with Gasteiger partial charge in [-0.25, -0.2) is 14.4 Å². The highest BCUT2D eigenvalue weighted by atomic mass is 35.5. The molecule has 94 valence electrons. The summed E-state index contributed by atoms with van der Waals surface area (Å²) in [7, 11) is 1.39. The van der Waals surface area contributed by atoms with Crippen LogP contribution in [0.25, 0.3) is 11.4 Å². The number of hydrogen-bond donors (Lipinski definition) is 0. The zero-order valence-electron chi connectivity index (χ0n) is 9.67. The zero-order chi connectivity index (χ0) is 13.3. The molecule has 1 aromatic carbocycles. The van der Waals surface area contributed by atoms with Gasteiger partial charge >= 0.3 is 0 Å². The van der Waals surface area contributed by atoms with Gasteiger partial charge in [0.2, 0.25) is 0 Å². The third-order valence-electron chi connectivity index (χ3n) is 2.44. The van der Waals surface area contributed by atoms with E-state index in [1.165, 1.54) is 25.3 Å². The van der Waals surface area contributed by atoms with E-state index in [4.69, 9.17) is 27.9 Å². The molecule has 0 spiro atoms. The molecule has 0 fully saturated rings. The molecule has 18 heavy (non-hydrogen) atoms. The molecule has 0 radical (unpaired) electrons. The van der Waals surface area contributed by atoms with Crippen LogP contribution in [-0.2, 0) is 0 Å². The van der Waals surface area contributed by atoms with Crippen molar-refractivity contribution < 1.29 is 9.13 Å². The highest BCUT2D eigenvalue weighted by Crippen LogP contribution is 2.28. The van der Waals surface area contributed by atoms with E-state index in [-0.39, 0.29) is 16.1 Å². The topological polar surface area (TPSA) is 35.0 Å². The summed E-state index contributed by atoms with van der Waals surface area (Å²) in [5.74, 6) is -0.0108. The Bertz CT molecular complexity index is 582. The van der Waals surface area contributed by atoms with Gasteiger partial charge in [-0.2, -0.15) is 0 Å². The van der Waals surface area contributed by atoms with Crippen LogP contribution >= 0.6 is 23.2 Å². The Kier molecular flexibility index (Phi) is 3.68. The standard InChI is InChI=1S/C12H9Cl2FN2O/c1-6-10(13)16-12(17-11(6)14)7-3-4-8(15)9(5-7)18-2/h3-5H,1-2H3. The Balaban J connectivity index is 2.55. The average Bonchev–Trinajstić information content (AvgIpc) is 2.36. The van der Waals surface area contributed by atoms with Crippen molar-refractivity contribution in [2.45, 2.75) is 6.92 Å². The molecule has 6 heteroatoms. The lowest BCUT2D eigenvalue weighted by atomic mass is 10.2. The minimum absolute atomic E-state index is 0.115. The van der Waals surface area contributed by atoms with Crippen molar-refractivity contribution in [3.05, 3.63) is 39.9 Å². The maximum atomic E-state index is 13.3. The Labute approximate surface area is 114 Å². The summed E-state index contributed by atoms with van der Waals surface area (Å²) >= 11 is 11.9. The van der Waals surface area contributed by atoms with Crippen LogP contribution in [0.4, 0.5) is 4.39 Å². The van der Waals surface area contributed by atoms with Crippen LogP contribution in [0.2, 0.25) is 10.3 Å². The maximum Gasteiger partial charge on any atom is 0.165 e. The van der Waals surface area contributed by atoms with Gasteiger partial charge in [-0.05, 0) is 25.1 Å². The first kappa shape index (κ1) is 13.1.